The van der Waals surface area contributed by atoms with E-state index in [1.807, 2.05) is 19.1 Å². The molecule has 0 spiro atoms. The summed E-state index contributed by atoms with van der Waals surface area (Å²) in [6, 6.07) is 21.0. The molecule has 0 atom stereocenters. The SMILES string of the molecule is CCOc1ccc(N(CC(=O)N/N=C\c2ccc(OCc3ccc(Cl)cc3)cc2)S(C)(=O)=O)cc1. The minimum absolute atomic E-state index is 0.351. The maximum absolute atomic E-state index is 12.3. The zero-order chi connectivity index (χ0) is 25.3. The molecule has 0 aliphatic carbocycles. The molecule has 0 aromatic heterocycles. The van der Waals surface area contributed by atoms with Crippen LogP contribution in [0.15, 0.2) is 77.9 Å². The number of sulfonamides is 1. The van der Waals surface area contributed by atoms with Gasteiger partial charge in [-0.3, -0.25) is 9.10 Å². The lowest BCUT2D eigenvalue weighted by Gasteiger charge is -2.21. The number of hydrogen-bond donors (Lipinski definition) is 1. The van der Waals surface area contributed by atoms with Gasteiger partial charge in [0.2, 0.25) is 10.0 Å². The number of carbonyl (C=O) groups is 1. The van der Waals surface area contributed by atoms with Crippen molar-refractivity contribution in [1.29, 1.82) is 0 Å². The van der Waals surface area contributed by atoms with Gasteiger partial charge in [-0.05, 0) is 78.7 Å². The summed E-state index contributed by atoms with van der Waals surface area (Å²) in [6.45, 7) is 2.34. The number of hydrogen-bond acceptors (Lipinski definition) is 6. The predicted molar refractivity (Wildman–Crippen MR) is 138 cm³/mol. The van der Waals surface area contributed by atoms with Crippen molar-refractivity contribution in [3.8, 4) is 11.5 Å². The van der Waals surface area contributed by atoms with Crippen LogP contribution in [0.5, 0.6) is 11.5 Å². The van der Waals surface area contributed by atoms with Crippen molar-refractivity contribution in [2.24, 2.45) is 5.10 Å². The minimum Gasteiger partial charge on any atom is -0.494 e. The Hall–Kier alpha value is -3.56. The number of rotatable bonds is 11. The number of carbonyl (C=O) groups excluding carboxylic acids is 1. The first-order valence-electron chi connectivity index (χ1n) is 10.7. The number of benzene rings is 3. The lowest BCUT2D eigenvalue weighted by Crippen LogP contribution is -2.39. The molecule has 1 amide bonds. The first-order valence-corrected chi connectivity index (χ1v) is 13.0. The van der Waals surface area contributed by atoms with Crippen LogP contribution in [0.2, 0.25) is 5.02 Å². The quantitative estimate of drug-likeness (QED) is 0.304. The molecular formula is C25H26ClN3O5S. The van der Waals surface area contributed by atoms with Crippen LogP contribution >= 0.6 is 11.6 Å². The van der Waals surface area contributed by atoms with Crippen molar-refractivity contribution in [2.45, 2.75) is 13.5 Å². The molecule has 0 heterocycles. The second-order valence-corrected chi connectivity index (χ2v) is 9.82. The Morgan fingerprint density at radius 2 is 1.57 bits per heavy atom. The molecule has 35 heavy (non-hydrogen) atoms. The zero-order valence-electron chi connectivity index (χ0n) is 19.3. The van der Waals surface area contributed by atoms with Crippen LogP contribution in [-0.4, -0.2) is 39.9 Å². The highest BCUT2D eigenvalue weighted by atomic mass is 35.5. The van der Waals surface area contributed by atoms with E-state index in [0.29, 0.717) is 35.4 Å². The normalized spacial score (nSPS) is 11.3. The van der Waals surface area contributed by atoms with E-state index in [1.54, 1.807) is 60.7 Å². The number of nitrogens with one attached hydrogen (secondary N) is 1. The Morgan fingerprint density at radius 1 is 0.971 bits per heavy atom. The predicted octanol–water partition coefficient (Wildman–Crippen LogP) is 4.23. The number of ether oxygens (including phenoxy) is 2. The van der Waals surface area contributed by atoms with E-state index in [-0.39, 0.29) is 0 Å². The lowest BCUT2D eigenvalue weighted by atomic mass is 10.2. The number of anilines is 1. The van der Waals surface area contributed by atoms with E-state index in [1.165, 1.54) is 6.21 Å². The summed E-state index contributed by atoms with van der Waals surface area (Å²) in [6.07, 6.45) is 2.50. The molecular weight excluding hydrogens is 490 g/mol. The standard InChI is InChI=1S/C25H26ClN3O5S/c1-3-33-23-14-10-22(11-15-23)29(35(2,31)32)17-25(30)28-27-16-19-6-12-24(13-7-19)34-18-20-4-8-21(26)9-5-20/h4-16H,3,17-18H2,1-2H3,(H,28,30)/b27-16-. The maximum Gasteiger partial charge on any atom is 0.260 e. The first-order chi connectivity index (χ1) is 16.7. The fourth-order valence-corrected chi connectivity index (χ4v) is 4.00. The molecule has 0 unspecified atom stereocenters. The van der Waals surface area contributed by atoms with Gasteiger partial charge in [0.1, 0.15) is 24.7 Å². The average molecular weight is 516 g/mol. The number of nitrogens with zero attached hydrogens (tertiary/aromatic N) is 2. The van der Waals surface area contributed by atoms with Crippen molar-refractivity contribution in [3.63, 3.8) is 0 Å². The Morgan fingerprint density at radius 3 is 2.17 bits per heavy atom. The van der Waals surface area contributed by atoms with Crippen LogP contribution in [-0.2, 0) is 21.4 Å². The highest BCUT2D eigenvalue weighted by Crippen LogP contribution is 2.21. The second-order valence-electron chi connectivity index (χ2n) is 7.47. The van der Waals surface area contributed by atoms with Gasteiger partial charge in [-0.1, -0.05) is 23.7 Å². The largest absolute Gasteiger partial charge is 0.494 e. The van der Waals surface area contributed by atoms with E-state index in [2.05, 4.69) is 10.5 Å². The van der Waals surface area contributed by atoms with E-state index < -0.39 is 22.5 Å². The molecule has 0 radical (unpaired) electrons. The van der Waals surface area contributed by atoms with Crippen molar-refractivity contribution in [3.05, 3.63) is 88.9 Å². The lowest BCUT2D eigenvalue weighted by molar-refractivity contribution is -0.119. The van der Waals surface area contributed by atoms with Crippen molar-refractivity contribution in [2.75, 3.05) is 23.7 Å². The smallest absolute Gasteiger partial charge is 0.260 e. The van der Waals surface area contributed by atoms with Gasteiger partial charge in [0.25, 0.3) is 5.91 Å². The summed E-state index contributed by atoms with van der Waals surface area (Å²) in [5.41, 5.74) is 4.44. The summed E-state index contributed by atoms with van der Waals surface area (Å²) in [7, 11) is -3.69. The number of hydrazone groups is 1. The molecule has 8 nitrogen and oxygen atoms in total. The molecule has 0 saturated carbocycles. The molecule has 10 heteroatoms. The molecule has 0 aliphatic rings. The van der Waals surface area contributed by atoms with Crippen LogP contribution in [0.4, 0.5) is 5.69 Å². The topological polar surface area (TPSA) is 97.3 Å². The van der Waals surface area contributed by atoms with E-state index in [0.717, 1.165) is 21.7 Å². The Labute approximate surface area is 210 Å². The van der Waals surface area contributed by atoms with Gasteiger partial charge in [-0.2, -0.15) is 5.10 Å². The number of amides is 1. The monoisotopic (exact) mass is 515 g/mol. The van der Waals surface area contributed by atoms with Gasteiger partial charge in [-0.25, -0.2) is 13.8 Å². The molecule has 0 saturated heterocycles. The van der Waals surface area contributed by atoms with Crippen LogP contribution < -0.4 is 19.2 Å². The van der Waals surface area contributed by atoms with Gasteiger partial charge < -0.3 is 9.47 Å². The molecule has 3 aromatic rings. The third-order valence-corrected chi connectivity index (χ3v) is 6.12. The Kier molecular flexibility index (Phi) is 9.11. The molecule has 184 valence electrons. The summed E-state index contributed by atoms with van der Waals surface area (Å²) in [4.78, 5) is 12.3. The van der Waals surface area contributed by atoms with Gasteiger partial charge >= 0.3 is 0 Å². The van der Waals surface area contributed by atoms with Crippen molar-refractivity contribution >= 4 is 39.4 Å². The summed E-state index contributed by atoms with van der Waals surface area (Å²) < 4.78 is 36.6. The van der Waals surface area contributed by atoms with Gasteiger partial charge in [0.05, 0.1) is 24.8 Å². The molecule has 0 aliphatic heterocycles. The van der Waals surface area contributed by atoms with Crippen LogP contribution in [0.3, 0.4) is 0 Å². The number of halogens is 1. The van der Waals surface area contributed by atoms with Crippen LogP contribution in [0.25, 0.3) is 0 Å². The highest BCUT2D eigenvalue weighted by molar-refractivity contribution is 7.92. The van der Waals surface area contributed by atoms with Gasteiger partial charge in [0.15, 0.2) is 0 Å². The van der Waals surface area contributed by atoms with E-state index >= 15 is 0 Å². The summed E-state index contributed by atoms with van der Waals surface area (Å²) in [5.74, 6) is 0.712. The van der Waals surface area contributed by atoms with Crippen molar-refractivity contribution < 1.29 is 22.7 Å². The highest BCUT2D eigenvalue weighted by Gasteiger charge is 2.20. The maximum atomic E-state index is 12.3. The second kappa shape index (κ2) is 12.2. The van der Waals surface area contributed by atoms with E-state index in [9.17, 15) is 13.2 Å². The van der Waals surface area contributed by atoms with Crippen LogP contribution in [0.1, 0.15) is 18.1 Å². The third kappa shape index (κ3) is 8.31. The van der Waals surface area contributed by atoms with Gasteiger partial charge in [0, 0.05) is 5.02 Å². The van der Waals surface area contributed by atoms with Crippen molar-refractivity contribution in [1.82, 2.24) is 5.43 Å². The third-order valence-electron chi connectivity index (χ3n) is 4.72. The first kappa shape index (κ1) is 26.1. The fraction of sp³-hybridized carbons (Fsp3) is 0.200. The summed E-state index contributed by atoms with van der Waals surface area (Å²) >= 11 is 5.88. The van der Waals surface area contributed by atoms with Crippen LogP contribution in [0, 0.1) is 0 Å². The molecule has 0 fully saturated rings. The Bertz CT molecular complexity index is 1250. The molecule has 3 rings (SSSR count). The molecule has 1 N–H and O–H groups in total. The molecule has 0 bridgehead atoms. The Balaban J connectivity index is 1.53. The minimum atomic E-state index is -3.69. The van der Waals surface area contributed by atoms with Gasteiger partial charge in [-0.15, -0.1) is 0 Å². The van der Waals surface area contributed by atoms with E-state index in [4.69, 9.17) is 21.1 Å². The average Bonchev–Trinajstić information content (AvgIpc) is 2.83. The molecule has 3 aromatic carbocycles. The fourth-order valence-electron chi connectivity index (χ4n) is 3.02. The summed E-state index contributed by atoms with van der Waals surface area (Å²) in [5, 5.41) is 4.59. The zero-order valence-corrected chi connectivity index (χ0v) is 20.9.